The van der Waals surface area contributed by atoms with Gasteiger partial charge in [0.15, 0.2) is 0 Å². The number of hydrogen-bond donors (Lipinski definition) is 2. The number of ketones is 1. The Hall–Kier alpha value is -1.87. The molecule has 0 radical (unpaired) electrons. The zero-order chi connectivity index (χ0) is 15.7. The van der Waals surface area contributed by atoms with Crippen molar-refractivity contribution < 1.29 is 29.0 Å². The van der Waals surface area contributed by atoms with Crippen LogP contribution in [0.25, 0.3) is 0 Å². The lowest BCUT2D eigenvalue weighted by molar-refractivity contribution is -0.147. The van der Waals surface area contributed by atoms with E-state index in [9.17, 15) is 24.3 Å². The summed E-state index contributed by atoms with van der Waals surface area (Å²) in [6.45, 7) is 0.896. The molecule has 0 spiro atoms. The Bertz CT molecular complexity index is 558. The summed E-state index contributed by atoms with van der Waals surface area (Å²) in [5.41, 5.74) is 5.81. The van der Waals surface area contributed by atoms with E-state index < -0.39 is 17.3 Å². The van der Waals surface area contributed by atoms with Gasteiger partial charge in [0.1, 0.15) is 24.5 Å². The van der Waals surface area contributed by atoms with Crippen molar-refractivity contribution >= 4 is 35.4 Å². The summed E-state index contributed by atoms with van der Waals surface area (Å²) in [6, 6.07) is 0. The van der Waals surface area contributed by atoms with Crippen LogP contribution in [-0.4, -0.2) is 51.0 Å². The number of hydrogen-bond acceptors (Lipinski definition) is 7. The Labute approximate surface area is 124 Å². The van der Waals surface area contributed by atoms with E-state index in [2.05, 4.69) is 0 Å². The van der Waals surface area contributed by atoms with Crippen molar-refractivity contribution in [2.75, 3.05) is 6.61 Å². The minimum atomic E-state index is -1.29. The van der Waals surface area contributed by atoms with Crippen LogP contribution in [0.5, 0.6) is 0 Å². The van der Waals surface area contributed by atoms with Gasteiger partial charge >= 0.3 is 11.9 Å². The number of carboxylic acid groups (broad SMARTS) is 1. The van der Waals surface area contributed by atoms with E-state index in [0.29, 0.717) is 0 Å². The van der Waals surface area contributed by atoms with E-state index in [1.807, 2.05) is 0 Å². The average molecular weight is 314 g/mol. The second kappa shape index (κ2) is 5.86. The SMILES string of the molecule is CC(=O)CC(=O)OCC1=C(C(=O)O)N2C(=O)C[C@H]2SC1N. The molecule has 0 saturated carbocycles. The molecule has 2 rings (SSSR count). The van der Waals surface area contributed by atoms with Crippen molar-refractivity contribution in [2.45, 2.75) is 30.5 Å². The Balaban J connectivity index is 2.18. The van der Waals surface area contributed by atoms with Gasteiger partial charge < -0.3 is 15.6 Å². The fourth-order valence-corrected chi connectivity index (χ4v) is 3.38. The molecular weight excluding hydrogens is 300 g/mol. The molecule has 2 aliphatic rings. The van der Waals surface area contributed by atoms with Crippen molar-refractivity contribution in [3.63, 3.8) is 0 Å². The van der Waals surface area contributed by atoms with E-state index in [1.54, 1.807) is 0 Å². The van der Waals surface area contributed by atoms with Crippen LogP contribution in [0.15, 0.2) is 11.3 Å². The Morgan fingerprint density at radius 3 is 2.67 bits per heavy atom. The van der Waals surface area contributed by atoms with E-state index in [0.717, 1.165) is 4.90 Å². The van der Waals surface area contributed by atoms with Crippen molar-refractivity contribution in [1.82, 2.24) is 4.90 Å². The topological polar surface area (TPSA) is 127 Å². The molecule has 21 heavy (non-hydrogen) atoms. The Morgan fingerprint density at radius 2 is 2.14 bits per heavy atom. The predicted octanol–water partition coefficient (Wildman–Crippen LogP) is -0.563. The normalized spacial score (nSPS) is 24.3. The number of carboxylic acids is 1. The van der Waals surface area contributed by atoms with Crippen molar-refractivity contribution in [3.05, 3.63) is 11.3 Å². The Kier molecular flexibility index (Phi) is 4.33. The van der Waals surface area contributed by atoms with E-state index in [4.69, 9.17) is 10.5 Å². The predicted molar refractivity (Wildman–Crippen MR) is 71.7 cm³/mol. The molecule has 0 bridgehead atoms. The van der Waals surface area contributed by atoms with Crippen LogP contribution in [0.2, 0.25) is 0 Å². The lowest BCUT2D eigenvalue weighted by atomic mass is 10.1. The maximum Gasteiger partial charge on any atom is 0.352 e. The fraction of sp³-hybridized carbons (Fsp3) is 0.500. The van der Waals surface area contributed by atoms with Gasteiger partial charge in [0.05, 0.1) is 17.2 Å². The van der Waals surface area contributed by atoms with Gasteiger partial charge in [-0.3, -0.25) is 19.3 Å². The number of carbonyl (C=O) groups is 4. The summed E-state index contributed by atoms with van der Waals surface area (Å²) in [6.07, 6.45) is -0.143. The third kappa shape index (κ3) is 3.08. The van der Waals surface area contributed by atoms with Crippen molar-refractivity contribution in [1.29, 1.82) is 0 Å². The van der Waals surface area contributed by atoms with Crippen LogP contribution in [0.1, 0.15) is 19.8 Å². The molecule has 114 valence electrons. The molecule has 0 aromatic heterocycles. The summed E-state index contributed by atoms with van der Waals surface area (Å²) >= 11 is 1.24. The van der Waals surface area contributed by atoms with Gasteiger partial charge in [-0.2, -0.15) is 0 Å². The van der Waals surface area contributed by atoms with Gasteiger partial charge in [-0.25, -0.2) is 4.79 Å². The highest BCUT2D eigenvalue weighted by Gasteiger charge is 2.47. The number of aliphatic carboxylic acids is 1. The summed E-state index contributed by atoms with van der Waals surface area (Å²) < 4.78 is 4.87. The maximum atomic E-state index is 11.5. The highest BCUT2D eigenvalue weighted by atomic mass is 32.2. The van der Waals surface area contributed by atoms with Crippen LogP contribution in [0.3, 0.4) is 0 Å². The molecule has 2 heterocycles. The number of nitrogens with two attached hydrogens (primary N) is 1. The van der Waals surface area contributed by atoms with Gasteiger partial charge in [-0.15, -0.1) is 11.8 Å². The fourth-order valence-electron chi connectivity index (χ4n) is 2.11. The third-order valence-electron chi connectivity index (χ3n) is 3.08. The number of nitrogens with zero attached hydrogens (tertiary/aromatic N) is 1. The molecule has 2 atom stereocenters. The maximum absolute atomic E-state index is 11.5. The van der Waals surface area contributed by atoms with Gasteiger partial charge in [-0.05, 0) is 6.92 Å². The van der Waals surface area contributed by atoms with Gasteiger partial charge in [0.2, 0.25) is 5.91 Å². The van der Waals surface area contributed by atoms with Crippen LogP contribution >= 0.6 is 11.8 Å². The van der Waals surface area contributed by atoms with E-state index >= 15 is 0 Å². The molecule has 1 unspecified atom stereocenters. The number of esters is 1. The molecule has 3 N–H and O–H groups in total. The average Bonchev–Trinajstić information content (AvgIpc) is 2.35. The smallest absolute Gasteiger partial charge is 0.352 e. The number of β-lactam (4-membered cyclic amide) rings is 1. The zero-order valence-corrected chi connectivity index (χ0v) is 12.0. The van der Waals surface area contributed by atoms with Crippen LogP contribution in [-0.2, 0) is 23.9 Å². The van der Waals surface area contributed by atoms with Crippen LogP contribution in [0, 0.1) is 0 Å². The summed E-state index contributed by atoms with van der Waals surface area (Å²) in [4.78, 5) is 46.2. The number of carbonyl (C=O) groups excluding carboxylic acids is 3. The molecule has 1 fully saturated rings. The second-order valence-electron chi connectivity index (χ2n) is 4.70. The van der Waals surface area contributed by atoms with E-state index in [1.165, 1.54) is 18.7 Å². The number of thioether (sulfide) groups is 1. The van der Waals surface area contributed by atoms with E-state index in [-0.39, 0.29) is 47.8 Å². The first-order valence-electron chi connectivity index (χ1n) is 6.15. The number of Topliss-reactive ketones (excluding diaryl/α,β-unsaturated/α-hetero) is 1. The largest absolute Gasteiger partial charge is 0.477 e. The second-order valence-corrected chi connectivity index (χ2v) is 6.02. The van der Waals surface area contributed by atoms with Gasteiger partial charge in [-0.1, -0.05) is 0 Å². The summed E-state index contributed by atoms with van der Waals surface area (Å²) in [7, 11) is 0. The number of amides is 1. The first-order chi connectivity index (χ1) is 9.81. The lowest BCUT2D eigenvalue weighted by Crippen LogP contribution is -2.56. The molecule has 0 aromatic rings. The minimum Gasteiger partial charge on any atom is -0.477 e. The molecule has 0 aliphatic carbocycles. The van der Waals surface area contributed by atoms with Gasteiger partial charge in [0.25, 0.3) is 0 Å². The first-order valence-corrected chi connectivity index (χ1v) is 7.10. The summed E-state index contributed by atoms with van der Waals surface area (Å²) in [5.74, 6) is -2.70. The lowest BCUT2D eigenvalue weighted by Gasteiger charge is -2.45. The molecule has 8 nitrogen and oxygen atoms in total. The van der Waals surface area contributed by atoms with Crippen LogP contribution < -0.4 is 5.73 Å². The van der Waals surface area contributed by atoms with Crippen molar-refractivity contribution in [2.24, 2.45) is 5.73 Å². The quantitative estimate of drug-likeness (QED) is 0.392. The highest BCUT2D eigenvalue weighted by molar-refractivity contribution is 8.00. The standard InChI is InChI=1S/C12H14N2O6S/c1-5(15)2-9(17)20-4-6-10(12(18)19)14-7(16)3-8(14)21-11(6)13/h8,11H,2-4,13H2,1H3,(H,18,19)/t8-,11?/m1/s1. The van der Waals surface area contributed by atoms with Crippen LogP contribution in [0.4, 0.5) is 0 Å². The minimum absolute atomic E-state index is 0.161. The monoisotopic (exact) mass is 314 g/mol. The summed E-state index contributed by atoms with van der Waals surface area (Å²) in [5, 5.41) is 8.31. The number of rotatable bonds is 5. The molecule has 0 aromatic carbocycles. The van der Waals surface area contributed by atoms with Gasteiger partial charge in [0, 0.05) is 5.57 Å². The molecule has 1 saturated heterocycles. The molecular formula is C12H14N2O6S. The zero-order valence-electron chi connectivity index (χ0n) is 11.2. The molecule has 1 amide bonds. The molecule has 9 heteroatoms. The highest BCUT2D eigenvalue weighted by Crippen LogP contribution is 2.42. The van der Waals surface area contributed by atoms with Crippen molar-refractivity contribution in [3.8, 4) is 0 Å². The number of ether oxygens (including phenoxy) is 1. The third-order valence-corrected chi connectivity index (χ3v) is 4.35. The number of fused-ring (bicyclic) bond motifs is 1. The first kappa shape index (κ1) is 15.5. The molecule has 2 aliphatic heterocycles. The Morgan fingerprint density at radius 1 is 1.48 bits per heavy atom.